The van der Waals surface area contributed by atoms with Crippen molar-refractivity contribution in [2.45, 2.75) is 89.1 Å². The number of alkyl halides is 2. The van der Waals surface area contributed by atoms with Crippen molar-refractivity contribution < 1.29 is 28.2 Å². The molecule has 4 atom stereocenters. The molecule has 0 aromatic carbocycles. The molecule has 0 amide bonds. The molecule has 1 aliphatic rings. The Bertz CT molecular complexity index is 561. The van der Waals surface area contributed by atoms with Gasteiger partial charge in [0.15, 0.2) is 0 Å². The van der Waals surface area contributed by atoms with E-state index >= 15 is 4.39 Å². The number of allylic oxidation sites excluding steroid dienone is 3. The van der Waals surface area contributed by atoms with E-state index in [9.17, 15) is 19.1 Å². The van der Waals surface area contributed by atoms with Gasteiger partial charge in [0.2, 0.25) is 5.78 Å². The fourth-order valence-electron chi connectivity index (χ4n) is 3.81. The lowest BCUT2D eigenvalue weighted by Gasteiger charge is -2.28. The molecule has 0 radical (unpaired) electrons. The molecular formula is C22H34F2O4. The molecule has 0 aliphatic heterocycles. The van der Waals surface area contributed by atoms with Crippen molar-refractivity contribution in [3.8, 4) is 0 Å². The number of rotatable bonds is 13. The first-order valence-electron chi connectivity index (χ1n) is 10.2. The van der Waals surface area contributed by atoms with Gasteiger partial charge in [-0.2, -0.15) is 0 Å². The molecule has 0 saturated heterocycles. The van der Waals surface area contributed by atoms with E-state index in [-0.39, 0.29) is 12.0 Å². The lowest BCUT2D eigenvalue weighted by molar-refractivity contribution is -0.149. The average molecular weight is 401 g/mol. The Labute approximate surface area is 167 Å². The highest BCUT2D eigenvalue weighted by molar-refractivity contribution is 6.11. The van der Waals surface area contributed by atoms with Gasteiger partial charge in [-0.25, -0.2) is 13.6 Å². The molecule has 28 heavy (non-hydrogen) atoms. The van der Waals surface area contributed by atoms with E-state index < -0.39 is 35.6 Å². The number of unbranched alkanes of at least 4 members (excludes halogenated alkanes) is 5. The maximum absolute atomic E-state index is 15.4. The van der Waals surface area contributed by atoms with Crippen molar-refractivity contribution >= 4 is 11.8 Å². The van der Waals surface area contributed by atoms with E-state index in [4.69, 9.17) is 0 Å². The first kappa shape index (κ1) is 24.5. The van der Waals surface area contributed by atoms with Crippen molar-refractivity contribution in [1.29, 1.82) is 0 Å². The van der Waals surface area contributed by atoms with Gasteiger partial charge in [0.25, 0.3) is 6.17 Å². The van der Waals surface area contributed by atoms with Crippen LogP contribution in [0.1, 0.15) is 71.1 Å². The van der Waals surface area contributed by atoms with E-state index in [1.807, 2.05) is 0 Å². The monoisotopic (exact) mass is 400 g/mol. The summed E-state index contributed by atoms with van der Waals surface area (Å²) >= 11 is 0. The molecule has 160 valence electrons. The third-order valence-corrected chi connectivity index (χ3v) is 5.59. The highest BCUT2D eigenvalue weighted by Gasteiger charge is 2.47. The van der Waals surface area contributed by atoms with E-state index in [2.05, 4.69) is 18.2 Å². The molecular weight excluding hydrogens is 366 g/mol. The molecule has 0 bridgehead atoms. The number of hydrogen-bond acceptors (Lipinski definition) is 4. The minimum Gasteiger partial charge on any atom is -0.467 e. The standard InChI is InChI=1S/C22H34F2O4/c1-4-5-6-7-8-9-14-22(24)15-13-18(25)17(22)12-10-11-16(2)20(26)19(23)21(27)28-3/h10-11,17-19,25H,2,4-9,12-15H2,1,3H3/t17-,18-,19?,22+/m0/s1. The Hall–Kier alpha value is -1.56. The second-order valence-corrected chi connectivity index (χ2v) is 7.68. The first-order valence-corrected chi connectivity index (χ1v) is 10.2. The van der Waals surface area contributed by atoms with Crippen molar-refractivity contribution in [3.05, 3.63) is 24.3 Å². The fourth-order valence-corrected chi connectivity index (χ4v) is 3.81. The van der Waals surface area contributed by atoms with E-state index in [0.29, 0.717) is 19.3 Å². The summed E-state index contributed by atoms with van der Waals surface area (Å²) in [6.07, 6.45) is 7.49. The highest BCUT2D eigenvalue weighted by atomic mass is 19.1. The molecule has 1 saturated carbocycles. The topological polar surface area (TPSA) is 63.6 Å². The predicted molar refractivity (Wildman–Crippen MR) is 105 cm³/mol. The van der Waals surface area contributed by atoms with Gasteiger partial charge in [0.1, 0.15) is 5.67 Å². The van der Waals surface area contributed by atoms with Crippen LogP contribution in [0.3, 0.4) is 0 Å². The quantitative estimate of drug-likeness (QED) is 0.159. The SMILES string of the molecule is C=C(C=CC[C@H]1[C@@H](O)CC[C@]1(F)CCCCCCCC)C(=O)C(F)C(=O)OC. The van der Waals surface area contributed by atoms with Gasteiger partial charge in [-0.15, -0.1) is 0 Å². The van der Waals surface area contributed by atoms with Crippen LogP contribution in [0.4, 0.5) is 8.78 Å². The van der Waals surface area contributed by atoms with Crippen LogP contribution in [0.5, 0.6) is 0 Å². The van der Waals surface area contributed by atoms with Gasteiger partial charge in [-0.3, -0.25) is 4.79 Å². The van der Waals surface area contributed by atoms with Crippen LogP contribution < -0.4 is 0 Å². The fraction of sp³-hybridized carbons (Fsp3) is 0.727. The summed E-state index contributed by atoms with van der Waals surface area (Å²) in [6, 6.07) is 0. The second kappa shape index (κ2) is 12.1. The van der Waals surface area contributed by atoms with Crippen LogP contribution in [0.2, 0.25) is 0 Å². The Morgan fingerprint density at radius 2 is 1.93 bits per heavy atom. The molecule has 0 aromatic heterocycles. The van der Waals surface area contributed by atoms with Gasteiger partial charge in [-0.1, -0.05) is 64.2 Å². The lowest BCUT2D eigenvalue weighted by atomic mass is 9.84. The summed E-state index contributed by atoms with van der Waals surface area (Å²) in [6.45, 7) is 5.61. The number of ether oxygens (including phenoxy) is 1. The van der Waals surface area contributed by atoms with Crippen molar-refractivity contribution in [2.24, 2.45) is 5.92 Å². The number of ketones is 1. The zero-order valence-electron chi connectivity index (χ0n) is 17.1. The van der Waals surface area contributed by atoms with Gasteiger partial charge < -0.3 is 9.84 Å². The summed E-state index contributed by atoms with van der Waals surface area (Å²) in [4.78, 5) is 22.8. The average Bonchev–Trinajstić information content (AvgIpc) is 2.97. The zero-order valence-corrected chi connectivity index (χ0v) is 17.1. The van der Waals surface area contributed by atoms with Crippen LogP contribution in [0.15, 0.2) is 24.3 Å². The third-order valence-electron chi connectivity index (χ3n) is 5.59. The van der Waals surface area contributed by atoms with Crippen LogP contribution in [-0.4, -0.2) is 41.9 Å². The second-order valence-electron chi connectivity index (χ2n) is 7.68. The minimum absolute atomic E-state index is 0.189. The maximum Gasteiger partial charge on any atom is 0.348 e. The Morgan fingerprint density at radius 1 is 1.29 bits per heavy atom. The maximum atomic E-state index is 15.4. The number of halogens is 2. The van der Waals surface area contributed by atoms with Crippen LogP contribution in [-0.2, 0) is 14.3 Å². The van der Waals surface area contributed by atoms with Crippen molar-refractivity contribution in [3.63, 3.8) is 0 Å². The van der Waals surface area contributed by atoms with Crippen LogP contribution in [0.25, 0.3) is 0 Å². The first-order chi connectivity index (χ1) is 13.3. The van der Waals surface area contributed by atoms with Gasteiger partial charge in [-0.05, 0) is 25.7 Å². The molecule has 1 aliphatic carbocycles. The molecule has 1 fully saturated rings. The minimum atomic E-state index is -2.41. The Balaban J connectivity index is 2.55. The number of carbonyl (C=O) groups excluding carboxylic acids is 2. The van der Waals surface area contributed by atoms with Crippen molar-refractivity contribution in [1.82, 2.24) is 0 Å². The summed E-state index contributed by atoms with van der Waals surface area (Å²) in [5.74, 6) is -2.90. The van der Waals surface area contributed by atoms with Gasteiger partial charge in [0.05, 0.1) is 13.2 Å². The zero-order chi connectivity index (χ0) is 21.2. The van der Waals surface area contributed by atoms with Crippen molar-refractivity contribution in [2.75, 3.05) is 7.11 Å². The molecule has 1 unspecified atom stereocenters. The number of carbonyl (C=O) groups is 2. The number of methoxy groups -OCH3 is 1. The van der Waals surface area contributed by atoms with Crippen LogP contribution in [0, 0.1) is 5.92 Å². The van der Waals surface area contributed by atoms with Gasteiger partial charge in [0, 0.05) is 11.5 Å². The molecule has 0 spiro atoms. The molecule has 6 heteroatoms. The number of aliphatic hydroxyl groups excluding tert-OH is 1. The number of aliphatic hydroxyl groups is 1. The Kier molecular flexibility index (Phi) is 10.6. The summed E-state index contributed by atoms with van der Waals surface area (Å²) in [7, 11) is 0.993. The normalized spacial score (nSPS) is 25.8. The smallest absolute Gasteiger partial charge is 0.348 e. The summed E-state index contributed by atoms with van der Waals surface area (Å²) in [5.41, 5.74) is -1.61. The molecule has 0 aromatic rings. The molecule has 1 rings (SSSR count). The molecule has 4 nitrogen and oxygen atoms in total. The largest absolute Gasteiger partial charge is 0.467 e. The summed E-state index contributed by atoms with van der Waals surface area (Å²) < 4.78 is 33.1. The van der Waals surface area contributed by atoms with Gasteiger partial charge >= 0.3 is 5.97 Å². The molecule has 1 N–H and O–H groups in total. The third kappa shape index (κ3) is 7.12. The summed E-state index contributed by atoms with van der Waals surface area (Å²) in [5, 5.41) is 10.2. The van der Waals surface area contributed by atoms with E-state index in [0.717, 1.165) is 26.4 Å². The number of hydrogen-bond donors (Lipinski definition) is 1. The lowest BCUT2D eigenvalue weighted by Crippen LogP contribution is -2.32. The predicted octanol–water partition coefficient (Wildman–Crippen LogP) is 4.80. The van der Waals surface area contributed by atoms with Crippen LogP contribution >= 0.6 is 0 Å². The van der Waals surface area contributed by atoms with E-state index in [1.165, 1.54) is 31.4 Å². The Morgan fingerprint density at radius 3 is 2.57 bits per heavy atom. The number of Topliss-reactive ketones (excluding diaryl/α,β-unsaturated/α-hetero) is 1. The molecule has 0 heterocycles. The number of esters is 1. The highest BCUT2D eigenvalue weighted by Crippen LogP contribution is 2.45. The van der Waals surface area contributed by atoms with E-state index in [1.54, 1.807) is 0 Å².